The fourth-order valence-electron chi connectivity index (χ4n) is 2.17. The van der Waals surface area contributed by atoms with Gasteiger partial charge in [-0.15, -0.1) is 11.3 Å². The molecule has 0 bridgehead atoms. The van der Waals surface area contributed by atoms with Crippen LogP contribution in [0.15, 0.2) is 0 Å². The number of aromatic nitrogens is 4. The molecule has 0 spiro atoms. The Bertz CT molecular complexity index is 807. The third-order valence-corrected chi connectivity index (χ3v) is 4.60. The maximum Gasteiger partial charge on any atom is 0.201 e. The lowest BCUT2D eigenvalue weighted by Crippen LogP contribution is -2.03. The van der Waals surface area contributed by atoms with E-state index >= 15 is 0 Å². The minimum absolute atomic E-state index is 0.309. The molecule has 0 saturated heterocycles. The van der Waals surface area contributed by atoms with E-state index in [1.165, 1.54) is 10.4 Å². The first-order valence-corrected chi connectivity index (χ1v) is 7.10. The Balaban J connectivity index is 2.63. The van der Waals surface area contributed by atoms with Crippen molar-refractivity contribution < 1.29 is 0 Å². The molecule has 0 radical (unpaired) electrons. The molecule has 0 fully saturated rings. The first-order valence-electron chi connectivity index (χ1n) is 5.87. The SMILES string of the molecule is Cc1sc2nc(C(C)C)n3c(=S)[nH]nc3c2c1C. The number of aryl methyl sites for hydroxylation is 2. The van der Waals surface area contributed by atoms with E-state index in [4.69, 9.17) is 17.2 Å². The van der Waals surface area contributed by atoms with Crippen LogP contribution in [0.2, 0.25) is 0 Å². The van der Waals surface area contributed by atoms with E-state index in [1.54, 1.807) is 11.3 Å². The molecular weight excluding hydrogens is 264 g/mol. The van der Waals surface area contributed by atoms with E-state index in [1.807, 2.05) is 4.40 Å². The number of nitrogens with one attached hydrogen (secondary N) is 1. The Morgan fingerprint density at radius 2 is 2.06 bits per heavy atom. The van der Waals surface area contributed by atoms with Gasteiger partial charge in [-0.2, -0.15) is 5.10 Å². The molecule has 18 heavy (non-hydrogen) atoms. The topological polar surface area (TPSA) is 46.0 Å². The molecule has 0 aliphatic rings. The molecule has 0 aromatic carbocycles. The second-order valence-electron chi connectivity index (χ2n) is 4.78. The first kappa shape index (κ1) is 11.8. The van der Waals surface area contributed by atoms with Gasteiger partial charge in [-0.05, 0) is 31.6 Å². The first-order chi connectivity index (χ1) is 8.50. The Labute approximate surface area is 114 Å². The third-order valence-electron chi connectivity index (χ3n) is 3.22. The average molecular weight is 278 g/mol. The van der Waals surface area contributed by atoms with Crippen molar-refractivity contribution in [2.24, 2.45) is 0 Å². The summed E-state index contributed by atoms with van der Waals surface area (Å²) in [5.41, 5.74) is 2.15. The van der Waals surface area contributed by atoms with Crippen LogP contribution in [-0.4, -0.2) is 19.6 Å². The second kappa shape index (κ2) is 3.86. The summed E-state index contributed by atoms with van der Waals surface area (Å²) in [6, 6.07) is 0. The van der Waals surface area contributed by atoms with Gasteiger partial charge in [0.05, 0.1) is 5.39 Å². The zero-order valence-electron chi connectivity index (χ0n) is 10.7. The van der Waals surface area contributed by atoms with Crippen LogP contribution in [0.4, 0.5) is 0 Å². The highest BCUT2D eigenvalue weighted by molar-refractivity contribution is 7.71. The number of fused-ring (bicyclic) bond motifs is 3. The van der Waals surface area contributed by atoms with Gasteiger partial charge < -0.3 is 0 Å². The summed E-state index contributed by atoms with van der Waals surface area (Å²) in [6.45, 7) is 8.47. The summed E-state index contributed by atoms with van der Waals surface area (Å²) in [5.74, 6) is 1.28. The largest absolute Gasteiger partial charge is 0.255 e. The number of thiophene rings is 1. The maximum atomic E-state index is 5.32. The van der Waals surface area contributed by atoms with Crippen LogP contribution in [0.5, 0.6) is 0 Å². The monoisotopic (exact) mass is 278 g/mol. The molecule has 1 N–H and O–H groups in total. The van der Waals surface area contributed by atoms with Crippen LogP contribution in [0.1, 0.15) is 36.0 Å². The number of hydrogen-bond acceptors (Lipinski definition) is 4. The van der Waals surface area contributed by atoms with Crippen molar-refractivity contribution in [3.63, 3.8) is 0 Å². The molecule has 3 aromatic rings. The summed E-state index contributed by atoms with van der Waals surface area (Å²) in [7, 11) is 0. The van der Waals surface area contributed by atoms with Gasteiger partial charge in [-0.3, -0.25) is 9.50 Å². The molecule has 6 heteroatoms. The van der Waals surface area contributed by atoms with Crippen molar-refractivity contribution in [1.29, 1.82) is 0 Å². The van der Waals surface area contributed by atoms with E-state index in [0.717, 1.165) is 21.7 Å². The molecule has 0 aliphatic heterocycles. The lowest BCUT2D eigenvalue weighted by Gasteiger charge is -2.07. The lowest BCUT2D eigenvalue weighted by molar-refractivity contribution is 0.757. The van der Waals surface area contributed by atoms with Gasteiger partial charge in [0.25, 0.3) is 0 Å². The minimum atomic E-state index is 0.309. The molecule has 94 valence electrons. The van der Waals surface area contributed by atoms with E-state index < -0.39 is 0 Å². The number of H-pyrrole nitrogens is 1. The molecule has 0 saturated carbocycles. The summed E-state index contributed by atoms with van der Waals surface area (Å²) in [4.78, 5) is 7.11. The van der Waals surface area contributed by atoms with E-state index in [9.17, 15) is 0 Å². The van der Waals surface area contributed by atoms with Gasteiger partial charge in [-0.25, -0.2) is 4.98 Å². The third kappa shape index (κ3) is 1.45. The molecule has 3 heterocycles. The summed E-state index contributed by atoms with van der Waals surface area (Å²) >= 11 is 7.04. The Morgan fingerprint density at radius 1 is 1.33 bits per heavy atom. The molecule has 3 rings (SSSR count). The zero-order chi connectivity index (χ0) is 13.0. The number of aromatic amines is 1. The van der Waals surface area contributed by atoms with Gasteiger partial charge in [0.1, 0.15) is 10.7 Å². The quantitative estimate of drug-likeness (QED) is 0.690. The highest BCUT2D eigenvalue weighted by Crippen LogP contribution is 2.32. The highest BCUT2D eigenvalue weighted by atomic mass is 32.1. The van der Waals surface area contributed by atoms with Crippen LogP contribution < -0.4 is 0 Å². The van der Waals surface area contributed by atoms with E-state index in [-0.39, 0.29) is 0 Å². The van der Waals surface area contributed by atoms with Gasteiger partial charge in [0, 0.05) is 10.8 Å². The van der Waals surface area contributed by atoms with Gasteiger partial charge in [-0.1, -0.05) is 13.8 Å². The minimum Gasteiger partial charge on any atom is -0.255 e. The van der Waals surface area contributed by atoms with Crippen LogP contribution in [-0.2, 0) is 0 Å². The van der Waals surface area contributed by atoms with Gasteiger partial charge in [0.15, 0.2) is 5.65 Å². The average Bonchev–Trinajstić information content (AvgIpc) is 2.81. The number of hydrogen-bond donors (Lipinski definition) is 1. The zero-order valence-corrected chi connectivity index (χ0v) is 12.4. The number of nitrogens with zero attached hydrogens (tertiary/aromatic N) is 3. The molecular formula is C12H14N4S2. The lowest BCUT2D eigenvalue weighted by atomic mass is 10.2. The Morgan fingerprint density at radius 3 is 2.72 bits per heavy atom. The molecule has 0 amide bonds. The summed E-state index contributed by atoms with van der Waals surface area (Å²) in [5, 5.41) is 8.38. The van der Waals surface area contributed by atoms with Gasteiger partial charge >= 0.3 is 0 Å². The Hall–Kier alpha value is -1.27. The standard InChI is InChI=1S/C12H14N4S2/c1-5(2)9-13-11-8(6(3)7(4)18-11)10-14-15-12(17)16(9)10/h5H,1-4H3,(H,15,17). The second-order valence-corrected chi connectivity index (χ2v) is 6.37. The fourth-order valence-corrected chi connectivity index (χ4v) is 3.43. The van der Waals surface area contributed by atoms with Crippen molar-refractivity contribution in [2.75, 3.05) is 0 Å². The maximum absolute atomic E-state index is 5.32. The number of rotatable bonds is 1. The van der Waals surface area contributed by atoms with E-state index in [2.05, 4.69) is 37.9 Å². The predicted molar refractivity (Wildman–Crippen MR) is 77.1 cm³/mol. The summed E-state index contributed by atoms with van der Waals surface area (Å²) < 4.78 is 2.58. The normalized spacial score (nSPS) is 12.1. The fraction of sp³-hybridized carbons (Fsp3) is 0.417. The molecule has 4 nitrogen and oxygen atoms in total. The van der Waals surface area contributed by atoms with Crippen molar-refractivity contribution in [3.05, 3.63) is 21.0 Å². The molecule has 0 unspecified atom stereocenters. The Kier molecular flexibility index (Phi) is 2.53. The molecule has 3 aromatic heterocycles. The van der Waals surface area contributed by atoms with Crippen LogP contribution in [0.25, 0.3) is 15.9 Å². The van der Waals surface area contributed by atoms with Crippen LogP contribution in [0, 0.1) is 18.6 Å². The smallest absolute Gasteiger partial charge is 0.201 e. The van der Waals surface area contributed by atoms with Crippen molar-refractivity contribution >= 4 is 39.4 Å². The van der Waals surface area contributed by atoms with Crippen molar-refractivity contribution in [3.8, 4) is 0 Å². The van der Waals surface area contributed by atoms with Crippen LogP contribution in [0.3, 0.4) is 0 Å². The highest BCUT2D eigenvalue weighted by Gasteiger charge is 2.17. The molecule has 0 atom stereocenters. The predicted octanol–water partition coefficient (Wildman–Crippen LogP) is 3.74. The van der Waals surface area contributed by atoms with Crippen molar-refractivity contribution in [2.45, 2.75) is 33.6 Å². The van der Waals surface area contributed by atoms with Crippen LogP contribution >= 0.6 is 23.6 Å². The summed E-state index contributed by atoms with van der Waals surface area (Å²) in [6.07, 6.45) is 0. The van der Waals surface area contributed by atoms with Crippen molar-refractivity contribution in [1.82, 2.24) is 19.6 Å². The molecule has 0 aliphatic carbocycles. The van der Waals surface area contributed by atoms with E-state index in [0.29, 0.717) is 10.7 Å². The van der Waals surface area contributed by atoms with Gasteiger partial charge in [0.2, 0.25) is 4.77 Å².